The van der Waals surface area contributed by atoms with E-state index in [1.807, 2.05) is 0 Å². The number of hydrogen-bond acceptors (Lipinski definition) is 2. The topological polar surface area (TPSA) is 69.6 Å². The molecule has 0 unspecified atom stereocenters. The molecule has 0 spiro atoms. The largest absolute Gasteiger partial charge is 0.480 e. The quantitative estimate of drug-likeness (QED) is 0.676. The Bertz CT molecular complexity index is 331. The minimum Gasteiger partial charge on any atom is -0.480 e. The average molecular weight is 238 g/mol. The van der Waals surface area contributed by atoms with Gasteiger partial charge in [-0.25, -0.2) is 9.59 Å². The van der Waals surface area contributed by atoms with Crippen LogP contribution in [0.5, 0.6) is 0 Å². The van der Waals surface area contributed by atoms with E-state index < -0.39 is 12.0 Å². The summed E-state index contributed by atoms with van der Waals surface area (Å²) in [5.41, 5.74) is 0. The van der Waals surface area contributed by atoms with Gasteiger partial charge in [0, 0.05) is 6.54 Å². The maximum Gasteiger partial charge on any atom is 0.326 e. The van der Waals surface area contributed by atoms with Gasteiger partial charge >= 0.3 is 12.0 Å². The number of terminal acetylenes is 1. The highest BCUT2D eigenvalue weighted by Crippen LogP contribution is 2.29. The number of carbonyl (C=O) groups is 2. The third-order valence-corrected chi connectivity index (χ3v) is 2.75. The van der Waals surface area contributed by atoms with Crippen LogP contribution in [0.25, 0.3) is 0 Å². The van der Waals surface area contributed by atoms with Crippen LogP contribution in [0.3, 0.4) is 0 Å². The summed E-state index contributed by atoms with van der Waals surface area (Å²) in [7, 11) is 0. The molecule has 5 nitrogen and oxygen atoms in total. The number of rotatable bonds is 6. The Labute approximate surface area is 101 Å². The molecular formula is C12H18N2O3. The van der Waals surface area contributed by atoms with E-state index in [1.165, 1.54) is 4.90 Å². The van der Waals surface area contributed by atoms with Gasteiger partial charge in [-0.2, -0.15) is 0 Å². The average Bonchev–Trinajstić information content (AvgIpc) is 3.08. The van der Waals surface area contributed by atoms with Gasteiger partial charge in [0.1, 0.15) is 6.04 Å². The molecule has 0 saturated heterocycles. The zero-order valence-electron chi connectivity index (χ0n) is 9.98. The van der Waals surface area contributed by atoms with Crippen molar-refractivity contribution in [1.29, 1.82) is 0 Å². The number of aliphatic carboxylic acids is 1. The van der Waals surface area contributed by atoms with E-state index in [0.29, 0.717) is 18.9 Å². The molecule has 2 N–H and O–H groups in total. The summed E-state index contributed by atoms with van der Waals surface area (Å²) >= 11 is 0. The van der Waals surface area contributed by atoms with Crippen molar-refractivity contribution in [1.82, 2.24) is 10.2 Å². The van der Waals surface area contributed by atoms with Crippen molar-refractivity contribution in [2.45, 2.75) is 32.2 Å². The molecule has 5 heteroatoms. The third kappa shape index (κ3) is 4.35. The highest BCUT2D eigenvalue weighted by Gasteiger charge is 2.28. The van der Waals surface area contributed by atoms with Gasteiger partial charge in [0.15, 0.2) is 0 Å². The Hall–Kier alpha value is -1.70. The third-order valence-electron chi connectivity index (χ3n) is 2.75. The lowest BCUT2D eigenvalue weighted by atomic mass is 10.2. The van der Waals surface area contributed by atoms with Crippen LogP contribution < -0.4 is 5.32 Å². The van der Waals surface area contributed by atoms with Gasteiger partial charge in [-0.15, -0.1) is 6.42 Å². The minimum atomic E-state index is -1.02. The fraction of sp³-hybridized carbons (Fsp3) is 0.667. The van der Waals surface area contributed by atoms with Crippen molar-refractivity contribution in [3.8, 4) is 12.3 Å². The Kier molecular flexibility index (Phi) is 4.83. The van der Waals surface area contributed by atoms with E-state index in [2.05, 4.69) is 11.2 Å². The van der Waals surface area contributed by atoms with Crippen LogP contribution in [0, 0.1) is 18.3 Å². The van der Waals surface area contributed by atoms with E-state index in [0.717, 1.165) is 12.8 Å². The van der Waals surface area contributed by atoms with Crippen LogP contribution in [-0.2, 0) is 4.79 Å². The molecule has 0 aromatic heterocycles. The molecule has 17 heavy (non-hydrogen) atoms. The highest BCUT2D eigenvalue weighted by molar-refractivity contribution is 5.82. The van der Waals surface area contributed by atoms with Crippen molar-refractivity contribution in [2.75, 3.05) is 13.1 Å². The Balaban J connectivity index is 2.51. The first-order valence-electron chi connectivity index (χ1n) is 5.80. The summed E-state index contributed by atoms with van der Waals surface area (Å²) in [6.45, 7) is 2.55. The lowest BCUT2D eigenvalue weighted by Crippen LogP contribution is -2.48. The Morgan fingerprint density at radius 3 is 2.65 bits per heavy atom. The van der Waals surface area contributed by atoms with Gasteiger partial charge < -0.3 is 15.3 Å². The van der Waals surface area contributed by atoms with Crippen LogP contribution in [0.2, 0.25) is 0 Å². The predicted octanol–water partition coefficient (Wildman–Crippen LogP) is 0.904. The summed E-state index contributed by atoms with van der Waals surface area (Å²) in [6.07, 6.45) is 7.79. The van der Waals surface area contributed by atoms with E-state index >= 15 is 0 Å². The van der Waals surface area contributed by atoms with Crippen molar-refractivity contribution in [2.24, 2.45) is 5.92 Å². The van der Waals surface area contributed by atoms with Gasteiger partial charge in [0.05, 0.1) is 6.54 Å². The molecule has 1 aliphatic carbocycles. The van der Waals surface area contributed by atoms with Gasteiger partial charge in [0.25, 0.3) is 0 Å². The normalized spacial score (nSPS) is 15.8. The van der Waals surface area contributed by atoms with Gasteiger partial charge in [-0.05, 0) is 25.2 Å². The fourth-order valence-electron chi connectivity index (χ4n) is 1.52. The van der Waals surface area contributed by atoms with E-state index in [1.54, 1.807) is 6.92 Å². The molecular weight excluding hydrogens is 220 g/mol. The number of carboxylic acid groups (broad SMARTS) is 1. The fourth-order valence-corrected chi connectivity index (χ4v) is 1.52. The lowest BCUT2D eigenvalue weighted by Gasteiger charge is -2.22. The summed E-state index contributed by atoms with van der Waals surface area (Å²) in [4.78, 5) is 24.1. The molecule has 0 bridgehead atoms. The maximum absolute atomic E-state index is 11.8. The monoisotopic (exact) mass is 238 g/mol. The standard InChI is InChI=1S/C12H18N2O3/c1-3-7-14(8-9-5-6-9)12(17)13-10(4-2)11(15)16/h1,9-10H,4-8H2,2H3,(H,13,17)(H,15,16)/t10-/m1/s1. The summed E-state index contributed by atoms with van der Waals surface area (Å²) in [6, 6.07) is -1.23. The van der Waals surface area contributed by atoms with Crippen LogP contribution in [0.15, 0.2) is 0 Å². The molecule has 0 aromatic rings. The van der Waals surface area contributed by atoms with Crippen LogP contribution in [-0.4, -0.2) is 41.1 Å². The molecule has 94 valence electrons. The number of nitrogens with zero attached hydrogens (tertiary/aromatic N) is 1. The number of carbonyl (C=O) groups excluding carboxylic acids is 1. The summed E-state index contributed by atoms with van der Waals surface area (Å²) in [5.74, 6) is 1.93. The molecule has 1 aliphatic rings. The van der Waals surface area contributed by atoms with Gasteiger partial charge in [0.2, 0.25) is 0 Å². The molecule has 1 atom stereocenters. The Morgan fingerprint density at radius 1 is 1.59 bits per heavy atom. The number of urea groups is 1. The zero-order chi connectivity index (χ0) is 12.8. The highest BCUT2D eigenvalue weighted by atomic mass is 16.4. The first-order valence-corrected chi connectivity index (χ1v) is 5.80. The number of nitrogens with one attached hydrogen (secondary N) is 1. The number of amides is 2. The second-order valence-electron chi connectivity index (χ2n) is 4.28. The summed E-state index contributed by atoms with van der Waals surface area (Å²) in [5, 5.41) is 11.3. The maximum atomic E-state index is 11.8. The molecule has 0 heterocycles. The lowest BCUT2D eigenvalue weighted by molar-refractivity contribution is -0.139. The van der Waals surface area contributed by atoms with Gasteiger partial charge in [-0.1, -0.05) is 12.8 Å². The van der Waals surface area contributed by atoms with Crippen molar-refractivity contribution in [3.63, 3.8) is 0 Å². The molecule has 0 radical (unpaired) electrons. The molecule has 0 aromatic carbocycles. The SMILES string of the molecule is C#CCN(CC1CC1)C(=O)N[C@H](CC)C(=O)O. The molecule has 1 fully saturated rings. The summed E-state index contributed by atoms with van der Waals surface area (Å²) < 4.78 is 0. The molecule has 0 aliphatic heterocycles. The first kappa shape index (κ1) is 13.4. The predicted molar refractivity (Wildman–Crippen MR) is 63.4 cm³/mol. The number of hydrogen-bond donors (Lipinski definition) is 2. The second-order valence-corrected chi connectivity index (χ2v) is 4.28. The smallest absolute Gasteiger partial charge is 0.326 e. The second kappa shape index (κ2) is 6.14. The van der Waals surface area contributed by atoms with Crippen LogP contribution >= 0.6 is 0 Å². The van der Waals surface area contributed by atoms with Crippen molar-refractivity contribution in [3.05, 3.63) is 0 Å². The van der Waals surface area contributed by atoms with Gasteiger partial charge in [-0.3, -0.25) is 0 Å². The van der Waals surface area contributed by atoms with E-state index in [4.69, 9.17) is 11.5 Å². The molecule has 1 saturated carbocycles. The molecule has 1 rings (SSSR count). The first-order chi connectivity index (χ1) is 8.08. The minimum absolute atomic E-state index is 0.221. The van der Waals surface area contributed by atoms with E-state index in [-0.39, 0.29) is 12.6 Å². The molecule has 2 amide bonds. The number of carboxylic acids is 1. The van der Waals surface area contributed by atoms with E-state index in [9.17, 15) is 9.59 Å². The van der Waals surface area contributed by atoms with Crippen LogP contribution in [0.1, 0.15) is 26.2 Å². The van der Waals surface area contributed by atoms with Crippen molar-refractivity contribution >= 4 is 12.0 Å². The Morgan fingerprint density at radius 2 is 2.24 bits per heavy atom. The van der Waals surface area contributed by atoms with Crippen LogP contribution in [0.4, 0.5) is 4.79 Å². The van der Waals surface area contributed by atoms with Crippen molar-refractivity contribution < 1.29 is 14.7 Å². The zero-order valence-corrected chi connectivity index (χ0v) is 9.98.